The van der Waals surface area contributed by atoms with Crippen molar-refractivity contribution in [3.8, 4) is 6.07 Å². The fraction of sp³-hybridized carbons (Fsp3) is 0.381. The van der Waals surface area contributed by atoms with Crippen LogP contribution in [-0.2, 0) is 11.3 Å². The van der Waals surface area contributed by atoms with E-state index in [1.54, 1.807) is 18.2 Å². The Balaban J connectivity index is 0.00000225. The number of halogens is 1. The maximum atomic E-state index is 12.5. The monoisotopic (exact) mass is 397 g/mol. The maximum Gasteiger partial charge on any atom is 0.238 e. The van der Waals surface area contributed by atoms with E-state index in [0.717, 1.165) is 55.2 Å². The lowest BCUT2D eigenvalue weighted by molar-refractivity contribution is -0.116. The average Bonchev–Trinajstić information content (AvgIpc) is 2.87. The van der Waals surface area contributed by atoms with Crippen molar-refractivity contribution in [2.24, 2.45) is 0 Å². The van der Waals surface area contributed by atoms with Crippen LogP contribution in [0.25, 0.3) is 0 Å². The van der Waals surface area contributed by atoms with Gasteiger partial charge in [0.2, 0.25) is 5.91 Å². The zero-order chi connectivity index (χ0) is 18.8. The molecule has 0 radical (unpaired) electrons. The van der Waals surface area contributed by atoms with Crippen LogP contribution < -0.4 is 5.32 Å². The number of fused-ring (bicyclic) bond motifs is 1. The standard InChI is InChI=1S/C21H23N5O.ClH/c1-25-7-2-8-26(10-9-25)14-16-4-6-19(23-13-16)20-17-11-15(12-22)3-5-18(17)24-21(20)27;/h3-6,11,13,20H,2,7-10,14H2,1H3,(H,24,27);1H. The van der Waals surface area contributed by atoms with Crippen molar-refractivity contribution in [1.82, 2.24) is 14.8 Å². The normalized spacial score (nSPS) is 19.9. The summed E-state index contributed by atoms with van der Waals surface area (Å²) in [5, 5.41) is 12.0. The molecule has 1 unspecified atom stereocenters. The number of carbonyl (C=O) groups is 1. The second-order valence-corrected chi connectivity index (χ2v) is 7.36. The Labute approximate surface area is 171 Å². The smallest absolute Gasteiger partial charge is 0.238 e. The molecule has 1 aromatic carbocycles. The van der Waals surface area contributed by atoms with E-state index in [-0.39, 0.29) is 18.3 Å². The van der Waals surface area contributed by atoms with Gasteiger partial charge in [0.25, 0.3) is 0 Å². The molecule has 6 nitrogen and oxygen atoms in total. The number of nitrogens with one attached hydrogen (secondary N) is 1. The minimum absolute atomic E-state index is 0. The SMILES string of the molecule is CN1CCCN(Cc2ccc(C3C(=O)Nc4ccc(C#N)cc43)nc2)CC1.Cl. The fourth-order valence-electron chi connectivity index (χ4n) is 3.84. The number of amides is 1. The van der Waals surface area contributed by atoms with Gasteiger partial charge < -0.3 is 10.2 Å². The highest BCUT2D eigenvalue weighted by Crippen LogP contribution is 2.36. The van der Waals surface area contributed by atoms with Gasteiger partial charge in [-0.05, 0) is 62.0 Å². The summed E-state index contributed by atoms with van der Waals surface area (Å²) in [6, 6.07) is 11.4. The molecule has 3 heterocycles. The molecule has 4 rings (SSSR count). The van der Waals surface area contributed by atoms with Crippen molar-refractivity contribution >= 4 is 24.0 Å². The summed E-state index contributed by atoms with van der Waals surface area (Å²) in [5.74, 6) is -0.537. The number of hydrogen-bond donors (Lipinski definition) is 1. The van der Waals surface area contributed by atoms with Crippen molar-refractivity contribution in [2.75, 3.05) is 38.5 Å². The van der Waals surface area contributed by atoms with Crippen LogP contribution in [0, 0.1) is 11.3 Å². The molecule has 2 aromatic rings. The lowest BCUT2D eigenvalue weighted by atomic mass is 9.95. The van der Waals surface area contributed by atoms with Crippen LogP contribution in [0.3, 0.4) is 0 Å². The van der Waals surface area contributed by atoms with E-state index in [1.165, 1.54) is 6.42 Å². The van der Waals surface area contributed by atoms with Crippen molar-refractivity contribution in [1.29, 1.82) is 5.26 Å². The number of aromatic nitrogens is 1. The number of carbonyl (C=O) groups excluding carboxylic acids is 1. The number of pyridine rings is 1. The third-order valence-electron chi connectivity index (χ3n) is 5.37. The van der Waals surface area contributed by atoms with E-state index >= 15 is 0 Å². The molecule has 1 amide bonds. The van der Waals surface area contributed by atoms with Gasteiger partial charge in [0, 0.05) is 31.5 Å². The number of nitriles is 1. The van der Waals surface area contributed by atoms with Crippen molar-refractivity contribution in [3.63, 3.8) is 0 Å². The van der Waals surface area contributed by atoms with Gasteiger partial charge in [-0.1, -0.05) is 6.07 Å². The van der Waals surface area contributed by atoms with E-state index in [2.05, 4.69) is 39.3 Å². The fourth-order valence-corrected chi connectivity index (χ4v) is 3.84. The minimum atomic E-state index is -0.450. The Morgan fingerprint density at radius 3 is 2.82 bits per heavy atom. The molecule has 1 N–H and O–H groups in total. The molecule has 1 fully saturated rings. The number of rotatable bonds is 3. The predicted molar refractivity (Wildman–Crippen MR) is 111 cm³/mol. The molecule has 0 saturated carbocycles. The Hall–Kier alpha value is -2.46. The minimum Gasteiger partial charge on any atom is -0.325 e. The van der Waals surface area contributed by atoms with E-state index in [1.807, 2.05) is 12.3 Å². The first-order valence-electron chi connectivity index (χ1n) is 9.34. The van der Waals surface area contributed by atoms with Gasteiger partial charge in [0.15, 0.2) is 0 Å². The summed E-state index contributed by atoms with van der Waals surface area (Å²) in [5.41, 5.74) is 4.03. The molecule has 146 valence electrons. The number of nitrogens with zero attached hydrogens (tertiary/aromatic N) is 4. The van der Waals surface area contributed by atoms with Gasteiger partial charge in [0.1, 0.15) is 5.92 Å². The molecule has 1 aromatic heterocycles. The molecule has 0 bridgehead atoms. The zero-order valence-corrected chi connectivity index (χ0v) is 16.7. The van der Waals surface area contributed by atoms with Crippen LogP contribution in [0.5, 0.6) is 0 Å². The van der Waals surface area contributed by atoms with Gasteiger partial charge >= 0.3 is 0 Å². The largest absolute Gasteiger partial charge is 0.325 e. The first-order chi connectivity index (χ1) is 13.1. The second-order valence-electron chi connectivity index (χ2n) is 7.36. The van der Waals surface area contributed by atoms with Crippen molar-refractivity contribution < 1.29 is 4.79 Å². The van der Waals surface area contributed by atoms with Gasteiger partial charge in [-0.15, -0.1) is 12.4 Å². The first kappa shape index (κ1) is 20.3. The summed E-state index contributed by atoms with van der Waals surface area (Å²) in [4.78, 5) is 21.9. The van der Waals surface area contributed by atoms with Crippen LogP contribution in [0.4, 0.5) is 5.69 Å². The lowest BCUT2D eigenvalue weighted by Crippen LogP contribution is -2.28. The molecule has 1 saturated heterocycles. The quantitative estimate of drug-likeness (QED) is 0.861. The zero-order valence-electron chi connectivity index (χ0n) is 15.9. The van der Waals surface area contributed by atoms with Crippen LogP contribution in [-0.4, -0.2) is 53.9 Å². The molecule has 2 aliphatic heterocycles. The Morgan fingerprint density at radius 2 is 2.07 bits per heavy atom. The molecule has 1 atom stereocenters. The molecule has 7 heteroatoms. The lowest BCUT2D eigenvalue weighted by Gasteiger charge is -2.20. The average molecular weight is 398 g/mol. The molecular weight excluding hydrogens is 374 g/mol. The Kier molecular flexibility index (Phi) is 6.30. The summed E-state index contributed by atoms with van der Waals surface area (Å²) in [7, 11) is 2.17. The van der Waals surface area contributed by atoms with Gasteiger partial charge in [-0.25, -0.2) is 0 Å². The highest BCUT2D eigenvalue weighted by Gasteiger charge is 2.33. The van der Waals surface area contributed by atoms with E-state index < -0.39 is 5.92 Å². The summed E-state index contributed by atoms with van der Waals surface area (Å²) in [6.45, 7) is 5.28. The molecular formula is C21H24ClN5O. The summed E-state index contributed by atoms with van der Waals surface area (Å²) in [6.07, 6.45) is 3.06. The van der Waals surface area contributed by atoms with E-state index in [0.29, 0.717) is 5.56 Å². The second kappa shape index (κ2) is 8.70. The number of hydrogen-bond acceptors (Lipinski definition) is 5. The number of anilines is 1. The maximum absolute atomic E-state index is 12.5. The Bertz CT molecular complexity index is 893. The van der Waals surface area contributed by atoms with E-state index in [4.69, 9.17) is 5.26 Å². The van der Waals surface area contributed by atoms with Crippen LogP contribution in [0.15, 0.2) is 36.5 Å². The third kappa shape index (κ3) is 4.17. The number of benzene rings is 1. The molecule has 2 aliphatic rings. The Morgan fingerprint density at radius 1 is 1.21 bits per heavy atom. The van der Waals surface area contributed by atoms with E-state index in [9.17, 15) is 4.79 Å². The van der Waals surface area contributed by atoms with Crippen molar-refractivity contribution in [2.45, 2.75) is 18.9 Å². The topological polar surface area (TPSA) is 72.3 Å². The molecule has 28 heavy (non-hydrogen) atoms. The first-order valence-corrected chi connectivity index (χ1v) is 9.34. The highest BCUT2D eigenvalue weighted by molar-refractivity contribution is 6.04. The predicted octanol–water partition coefficient (Wildman–Crippen LogP) is 2.60. The summed E-state index contributed by atoms with van der Waals surface area (Å²) >= 11 is 0. The molecule has 0 aliphatic carbocycles. The molecule has 0 spiro atoms. The van der Waals surface area contributed by atoms with Crippen molar-refractivity contribution in [3.05, 3.63) is 58.9 Å². The van der Waals surface area contributed by atoms with Crippen LogP contribution in [0.2, 0.25) is 0 Å². The van der Waals surface area contributed by atoms with Gasteiger partial charge in [0.05, 0.1) is 17.3 Å². The summed E-state index contributed by atoms with van der Waals surface area (Å²) < 4.78 is 0. The van der Waals surface area contributed by atoms with Crippen LogP contribution >= 0.6 is 12.4 Å². The van der Waals surface area contributed by atoms with Crippen LogP contribution in [0.1, 0.15) is 34.7 Å². The highest BCUT2D eigenvalue weighted by atomic mass is 35.5. The number of likely N-dealkylation sites (N-methyl/N-ethyl adjacent to an activating group) is 1. The van der Waals surface area contributed by atoms with Gasteiger partial charge in [-0.3, -0.25) is 14.7 Å². The third-order valence-corrected chi connectivity index (χ3v) is 5.37. The van der Waals surface area contributed by atoms with Gasteiger partial charge in [-0.2, -0.15) is 5.26 Å².